The van der Waals surface area contributed by atoms with Crippen LogP contribution in [0, 0.1) is 11.7 Å². The third-order valence-corrected chi connectivity index (χ3v) is 3.38. The molecule has 2 rings (SSSR count). The second-order valence-corrected chi connectivity index (χ2v) is 4.62. The highest BCUT2D eigenvalue weighted by molar-refractivity contribution is 6.31. The molecular weight excluding hydrogens is 229 g/mol. The van der Waals surface area contributed by atoms with Crippen molar-refractivity contribution in [3.8, 4) is 0 Å². The summed E-state index contributed by atoms with van der Waals surface area (Å²) in [4.78, 5) is 2.19. The minimum absolute atomic E-state index is 0.170. The number of nitrogens with zero attached hydrogens (tertiary/aromatic N) is 1. The van der Waals surface area contributed by atoms with Crippen LogP contribution in [0.25, 0.3) is 0 Å². The molecule has 0 spiro atoms. The predicted octanol–water partition coefficient (Wildman–Crippen LogP) is 2.69. The van der Waals surface area contributed by atoms with Crippen molar-refractivity contribution in [2.75, 3.05) is 24.6 Å². The molecule has 1 aliphatic heterocycles. The Morgan fingerprint density at radius 2 is 2.31 bits per heavy atom. The Morgan fingerprint density at radius 3 is 3.00 bits per heavy atom. The van der Waals surface area contributed by atoms with Gasteiger partial charge >= 0.3 is 0 Å². The molecule has 1 aromatic carbocycles. The predicted molar refractivity (Wildman–Crippen MR) is 63.4 cm³/mol. The number of rotatable bonds is 3. The number of aliphatic hydroxyl groups is 1. The number of anilines is 1. The summed E-state index contributed by atoms with van der Waals surface area (Å²) < 4.78 is 13.0. The molecule has 1 N–H and O–H groups in total. The Labute approximate surface area is 99.6 Å². The summed E-state index contributed by atoms with van der Waals surface area (Å²) in [6.07, 6.45) is 1.92. The van der Waals surface area contributed by atoms with E-state index in [9.17, 15) is 4.39 Å². The molecule has 1 fully saturated rings. The lowest BCUT2D eigenvalue weighted by Gasteiger charge is -2.18. The average molecular weight is 244 g/mol. The number of benzene rings is 1. The Bertz CT molecular complexity index is 372. The van der Waals surface area contributed by atoms with Crippen molar-refractivity contribution < 1.29 is 9.50 Å². The van der Waals surface area contributed by atoms with Gasteiger partial charge in [-0.05, 0) is 37.0 Å². The first kappa shape index (κ1) is 11.7. The third-order valence-electron chi connectivity index (χ3n) is 3.09. The monoisotopic (exact) mass is 243 g/mol. The number of hydrogen-bond acceptors (Lipinski definition) is 2. The highest BCUT2D eigenvalue weighted by Crippen LogP contribution is 2.28. The van der Waals surface area contributed by atoms with E-state index in [4.69, 9.17) is 16.7 Å². The lowest BCUT2D eigenvalue weighted by Crippen LogP contribution is -2.19. The summed E-state index contributed by atoms with van der Waals surface area (Å²) in [5.74, 6) is 0.158. The number of halogens is 2. The molecular formula is C12H15ClFNO. The first-order valence-corrected chi connectivity index (χ1v) is 5.89. The summed E-state index contributed by atoms with van der Waals surface area (Å²) >= 11 is 5.75. The van der Waals surface area contributed by atoms with Crippen molar-refractivity contribution in [2.24, 2.45) is 5.92 Å². The summed E-state index contributed by atoms with van der Waals surface area (Å²) in [6, 6.07) is 4.82. The van der Waals surface area contributed by atoms with E-state index in [0.29, 0.717) is 5.92 Å². The van der Waals surface area contributed by atoms with Gasteiger partial charge in [-0.3, -0.25) is 0 Å². The van der Waals surface area contributed by atoms with Gasteiger partial charge < -0.3 is 10.0 Å². The molecule has 0 bridgehead atoms. The van der Waals surface area contributed by atoms with Gasteiger partial charge in [0.1, 0.15) is 5.82 Å². The van der Waals surface area contributed by atoms with Gasteiger partial charge in [0.25, 0.3) is 0 Å². The zero-order valence-electron chi connectivity index (χ0n) is 9.00. The zero-order chi connectivity index (χ0) is 11.5. The molecule has 0 saturated carbocycles. The van der Waals surface area contributed by atoms with Crippen LogP contribution in [0.15, 0.2) is 18.2 Å². The first-order chi connectivity index (χ1) is 7.70. The van der Waals surface area contributed by atoms with Crippen LogP contribution in [0.5, 0.6) is 0 Å². The Kier molecular flexibility index (Phi) is 3.66. The van der Waals surface area contributed by atoms with Gasteiger partial charge in [0.05, 0.1) is 5.02 Å². The van der Waals surface area contributed by atoms with Gasteiger partial charge in [0.2, 0.25) is 0 Å². The van der Waals surface area contributed by atoms with Crippen LogP contribution in [0.3, 0.4) is 0 Å². The van der Waals surface area contributed by atoms with E-state index >= 15 is 0 Å². The Hall–Kier alpha value is -0.800. The van der Waals surface area contributed by atoms with Crippen LogP contribution in [-0.4, -0.2) is 24.8 Å². The Morgan fingerprint density at radius 1 is 1.50 bits per heavy atom. The maximum Gasteiger partial charge on any atom is 0.141 e. The molecule has 16 heavy (non-hydrogen) atoms. The highest BCUT2D eigenvalue weighted by atomic mass is 35.5. The molecule has 0 aromatic heterocycles. The fourth-order valence-electron chi connectivity index (χ4n) is 2.17. The molecule has 0 aliphatic carbocycles. The lowest BCUT2D eigenvalue weighted by atomic mass is 10.1. The SMILES string of the molecule is OCCC1CCN(c2ccc(F)c(Cl)c2)C1. The lowest BCUT2D eigenvalue weighted by molar-refractivity contribution is 0.263. The molecule has 1 unspecified atom stereocenters. The second-order valence-electron chi connectivity index (χ2n) is 4.21. The summed E-state index contributed by atoms with van der Waals surface area (Å²) in [5.41, 5.74) is 0.965. The van der Waals surface area contributed by atoms with Gasteiger partial charge in [-0.15, -0.1) is 0 Å². The van der Waals surface area contributed by atoms with E-state index in [2.05, 4.69) is 4.90 Å². The first-order valence-electron chi connectivity index (χ1n) is 5.51. The van der Waals surface area contributed by atoms with Crippen molar-refractivity contribution in [3.05, 3.63) is 29.0 Å². The molecule has 1 heterocycles. The smallest absolute Gasteiger partial charge is 0.141 e. The zero-order valence-corrected chi connectivity index (χ0v) is 9.75. The van der Waals surface area contributed by atoms with Crippen LogP contribution in [0.2, 0.25) is 5.02 Å². The molecule has 88 valence electrons. The molecule has 1 aliphatic rings. The molecule has 4 heteroatoms. The van der Waals surface area contributed by atoms with Crippen molar-refractivity contribution >= 4 is 17.3 Å². The van der Waals surface area contributed by atoms with Crippen LogP contribution in [0.4, 0.5) is 10.1 Å². The van der Waals surface area contributed by atoms with Gasteiger partial charge in [0, 0.05) is 25.4 Å². The Balaban J connectivity index is 2.05. The molecule has 1 aromatic rings. The molecule has 0 amide bonds. The fourth-order valence-corrected chi connectivity index (χ4v) is 2.34. The largest absolute Gasteiger partial charge is 0.396 e. The van der Waals surface area contributed by atoms with Gasteiger partial charge in [-0.2, -0.15) is 0 Å². The van der Waals surface area contributed by atoms with E-state index in [0.717, 1.165) is 31.6 Å². The van der Waals surface area contributed by atoms with Crippen LogP contribution < -0.4 is 4.90 Å². The fraction of sp³-hybridized carbons (Fsp3) is 0.500. The molecule has 2 nitrogen and oxygen atoms in total. The highest BCUT2D eigenvalue weighted by Gasteiger charge is 2.22. The van der Waals surface area contributed by atoms with E-state index < -0.39 is 0 Å². The van der Waals surface area contributed by atoms with Crippen LogP contribution >= 0.6 is 11.6 Å². The topological polar surface area (TPSA) is 23.5 Å². The third kappa shape index (κ3) is 2.47. The van der Waals surface area contributed by atoms with Crippen molar-refractivity contribution in [3.63, 3.8) is 0 Å². The summed E-state index contributed by atoms with van der Waals surface area (Å²) in [7, 11) is 0. The minimum atomic E-state index is -0.378. The molecule has 0 radical (unpaired) electrons. The van der Waals surface area contributed by atoms with E-state index in [1.807, 2.05) is 0 Å². The number of aliphatic hydroxyl groups excluding tert-OH is 1. The van der Waals surface area contributed by atoms with Gasteiger partial charge in [0.15, 0.2) is 0 Å². The van der Waals surface area contributed by atoms with Gasteiger partial charge in [-0.1, -0.05) is 11.6 Å². The molecule has 1 saturated heterocycles. The maximum absolute atomic E-state index is 13.0. The second kappa shape index (κ2) is 5.02. The van der Waals surface area contributed by atoms with Crippen molar-refractivity contribution in [1.29, 1.82) is 0 Å². The van der Waals surface area contributed by atoms with Crippen LogP contribution in [-0.2, 0) is 0 Å². The minimum Gasteiger partial charge on any atom is -0.396 e. The van der Waals surface area contributed by atoms with E-state index in [1.165, 1.54) is 6.07 Å². The van der Waals surface area contributed by atoms with Gasteiger partial charge in [-0.25, -0.2) is 4.39 Å². The van der Waals surface area contributed by atoms with E-state index in [1.54, 1.807) is 12.1 Å². The standard InChI is InChI=1S/C12H15ClFNO/c13-11-7-10(1-2-12(11)14)15-5-3-9(8-15)4-6-16/h1-2,7,9,16H,3-6,8H2. The van der Waals surface area contributed by atoms with Crippen molar-refractivity contribution in [2.45, 2.75) is 12.8 Å². The normalized spacial score (nSPS) is 20.4. The average Bonchev–Trinajstić information content (AvgIpc) is 2.71. The van der Waals surface area contributed by atoms with E-state index in [-0.39, 0.29) is 17.4 Å². The van der Waals surface area contributed by atoms with Crippen LogP contribution in [0.1, 0.15) is 12.8 Å². The maximum atomic E-state index is 13.0. The summed E-state index contributed by atoms with van der Waals surface area (Å²) in [6.45, 7) is 2.11. The quantitative estimate of drug-likeness (QED) is 0.883. The van der Waals surface area contributed by atoms with Crippen molar-refractivity contribution in [1.82, 2.24) is 0 Å². The molecule has 1 atom stereocenters. The number of hydrogen-bond donors (Lipinski definition) is 1. The summed E-state index contributed by atoms with van der Waals surface area (Å²) in [5, 5.41) is 9.04.